The number of hydrogen-bond donors (Lipinski definition) is 1. The molecule has 0 spiro atoms. The van der Waals surface area contributed by atoms with E-state index in [0.29, 0.717) is 29.7 Å². The van der Waals surface area contributed by atoms with E-state index in [4.69, 9.17) is 16.3 Å². The Morgan fingerprint density at radius 1 is 1.29 bits per heavy atom. The number of pyridine rings is 1. The first-order chi connectivity index (χ1) is 13.6. The van der Waals surface area contributed by atoms with Gasteiger partial charge in [0.25, 0.3) is 5.91 Å². The molecule has 5 nitrogen and oxygen atoms in total. The van der Waals surface area contributed by atoms with Crippen molar-refractivity contribution < 1.29 is 9.53 Å². The molecule has 28 heavy (non-hydrogen) atoms. The van der Waals surface area contributed by atoms with Crippen LogP contribution in [0.4, 0.5) is 5.69 Å². The maximum atomic E-state index is 12.2. The van der Waals surface area contributed by atoms with Crippen molar-refractivity contribution in [3.8, 4) is 5.75 Å². The number of amides is 1. The molecular formula is C22H28ClN3O2. The second kappa shape index (κ2) is 9.78. The first-order valence-electron chi connectivity index (χ1n) is 9.94. The Morgan fingerprint density at radius 2 is 2.07 bits per heavy atom. The van der Waals surface area contributed by atoms with Crippen molar-refractivity contribution in [2.24, 2.45) is 5.92 Å². The van der Waals surface area contributed by atoms with Crippen molar-refractivity contribution in [2.45, 2.75) is 33.1 Å². The van der Waals surface area contributed by atoms with Gasteiger partial charge in [-0.3, -0.25) is 9.78 Å². The van der Waals surface area contributed by atoms with E-state index in [-0.39, 0.29) is 5.91 Å². The van der Waals surface area contributed by atoms with E-state index in [0.717, 1.165) is 49.4 Å². The number of hydrogen-bond acceptors (Lipinski definition) is 4. The van der Waals surface area contributed by atoms with Crippen LogP contribution >= 0.6 is 11.6 Å². The van der Waals surface area contributed by atoms with Gasteiger partial charge in [-0.2, -0.15) is 0 Å². The van der Waals surface area contributed by atoms with Crippen molar-refractivity contribution in [3.63, 3.8) is 0 Å². The van der Waals surface area contributed by atoms with Gasteiger partial charge in [0.15, 0.2) is 0 Å². The van der Waals surface area contributed by atoms with Crippen LogP contribution < -0.4 is 15.0 Å². The summed E-state index contributed by atoms with van der Waals surface area (Å²) < 4.78 is 5.61. The third-order valence-corrected chi connectivity index (χ3v) is 5.48. The van der Waals surface area contributed by atoms with E-state index in [9.17, 15) is 4.79 Å². The van der Waals surface area contributed by atoms with Crippen molar-refractivity contribution in [1.82, 2.24) is 10.3 Å². The molecule has 2 heterocycles. The summed E-state index contributed by atoms with van der Waals surface area (Å²) in [6, 6.07) is 7.86. The third-order valence-electron chi connectivity index (χ3n) is 5.17. The van der Waals surface area contributed by atoms with Crippen LogP contribution in [0.15, 0.2) is 36.7 Å². The van der Waals surface area contributed by atoms with Crippen LogP contribution in [0.1, 0.15) is 42.1 Å². The smallest absolute Gasteiger partial charge is 0.252 e. The number of benzene rings is 1. The molecule has 3 rings (SSSR count). The number of aromatic nitrogens is 1. The molecule has 1 aromatic carbocycles. The van der Waals surface area contributed by atoms with Gasteiger partial charge in [-0.25, -0.2) is 0 Å². The van der Waals surface area contributed by atoms with Gasteiger partial charge in [0.1, 0.15) is 5.75 Å². The fourth-order valence-electron chi connectivity index (χ4n) is 3.61. The molecule has 0 saturated carbocycles. The summed E-state index contributed by atoms with van der Waals surface area (Å²) in [5, 5.41) is 3.67. The number of carbonyl (C=O) groups is 1. The van der Waals surface area contributed by atoms with Crippen LogP contribution in [-0.4, -0.2) is 37.1 Å². The molecule has 0 radical (unpaired) electrons. The summed E-state index contributed by atoms with van der Waals surface area (Å²) in [6.45, 7) is 7.22. The van der Waals surface area contributed by atoms with Gasteiger partial charge in [0.2, 0.25) is 0 Å². The van der Waals surface area contributed by atoms with Gasteiger partial charge in [0.05, 0.1) is 17.2 Å². The number of piperidine rings is 1. The molecule has 150 valence electrons. The summed E-state index contributed by atoms with van der Waals surface area (Å²) in [7, 11) is 0. The molecule has 1 aliphatic heterocycles. The highest BCUT2D eigenvalue weighted by Crippen LogP contribution is 2.32. The number of rotatable bonds is 7. The minimum atomic E-state index is -0.0433. The fourth-order valence-corrected chi connectivity index (χ4v) is 3.78. The standard InChI is InChI=1S/C22H28ClN3O2/c1-3-28-21-13-19(4-5-20(21)23)26-10-7-17(8-11-26)6-9-25-22(27)18-12-16(2)14-24-15-18/h4-5,12-15,17H,3,6-11H2,1-2H3,(H,25,27). The van der Waals surface area contributed by atoms with E-state index >= 15 is 0 Å². The summed E-state index contributed by atoms with van der Waals surface area (Å²) >= 11 is 6.19. The van der Waals surface area contributed by atoms with Crippen LogP contribution in [0.5, 0.6) is 5.75 Å². The third kappa shape index (κ3) is 5.38. The molecule has 6 heteroatoms. The van der Waals surface area contributed by atoms with Gasteiger partial charge in [-0.05, 0) is 62.8 Å². The lowest BCUT2D eigenvalue weighted by Gasteiger charge is -2.34. The number of nitrogens with zero attached hydrogens (tertiary/aromatic N) is 2. The summed E-state index contributed by atoms with van der Waals surface area (Å²) in [4.78, 5) is 18.7. The van der Waals surface area contributed by atoms with Crippen LogP contribution in [0.25, 0.3) is 0 Å². The summed E-state index contributed by atoms with van der Waals surface area (Å²) in [5.41, 5.74) is 2.78. The SMILES string of the molecule is CCOc1cc(N2CCC(CCNC(=O)c3cncc(C)c3)CC2)ccc1Cl. The average molecular weight is 402 g/mol. The molecule has 1 amide bonds. The normalized spacial score (nSPS) is 14.8. The summed E-state index contributed by atoms with van der Waals surface area (Å²) in [6.07, 6.45) is 6.61. The molecule has 2 aromatic rings. The minimum Gasteiger partial charge on any atom is -0.492 e. The van der Waals surface area contributed by atoms with E-state index < -0.39 is 0 Å². The Morgan fingerprint density at radius 3 is 2.79 bits per heavy atom. The highest BCUT2D eigenvalue weighted by molar-refractivity contribution is 6.32. The molecule has 1 saturated heterocycles. The van der Waals surface area contributed by atoms with Crippen LogP contribution in [0.2, 0.25) is 5.02 Å². The highest BCUT2D eigenvalue weighted by Gasteiger charge is 2.20. The zero-order valence-electron chi connectivity index (χ0n) is 16.6. The predicted octanol–water partition coefficient (Wildman–Crippen LogP) is 4.48. The van der Waals surface area contributed by atoms with Crippen LogP contribution in [0.3, 0.4) is 0 Å². The molecule has 1 N–H and O–H groups in total. The lowest BCUT2D eigenvalue weighted by molar-refractivity contribution is 0.0950. The Hall–Kier alpha value is -2.27. The minimum absolute atomic E-state index is 0.0433. The Balaban J connectivity index is 1.44. The molecule has 1 aromatic heterocycles. The molecule has 1 aliphatic rings. The molecule has 0 bridgehead atoms. The van der Waals surface area contributed by atoms with Gasteiger partial charge in [0, 0.05) is 43.8 Å². The van der Waals surface area contributed by atoms with E-state index in [1.807, 2.05) is 32.0 Å². The largest absolute Gasteiger partial charge is 0.492 e. The molecular weight excluding hydrogens is 374 g/mol. The lowest BCUT2D eigenvalue weighted by Crippen LogP contribution is -2.35. The molecule has 0 unspecified atom stereocenters. The van der Waals surface area contributed by atoms with E-state index in [2.05, 4.69) is 21.3 Å². The second-order valence-corrected chi connectivity index (χ2v) is 7.68. The Kier molecular flexibility index (Phi) is 7.15. The van der Waals surface area contributed by atoms with Crippen LogP contribution in [0, 0.1) is 12.8 Å². The molecule has 1 fully saturated rings. The number of carbonyl (C=O) groups excluding carboxylic acids is 1. The number of nitrogens with one attached hydrogen (secondary N) is 1. The van der Waals surface area contributed by atoms with Crippen molar-refractivity contribution in [3.05, 3.63) is 52.8 Å². The van der Waals surface area contributed by atoms with Gasteiger partial charge in [-0.1, -0.05) is 11.6 Å². The topological polar surface area (TPSA) is 54.5 Å². The zero-order chi connectivity index (χ0) is 19.9. The Bertz CT molecular complexity index is 804. The molecule has 0 atom stereocenters. The number of halogens is 1. The van der Waals surface area contributed by atoms with Crippen molar-refractivity contribution in [1.29, 1.82) is 0 Å². The van der Waals surface area contributed by atoms with Gasteiger partial charge < -0.3 is 15.0 Å². The predicted molar refractivity (Wildman–Crippen MR) is 113 cm³/mol. The monoisotopic (exact) mass is 401 g/mol. The van der Waals surface area contributed by atoms with Gasteiger partial charge in [-0.15, -0.1) is 0 Å². The maximum absolute atomic E-state index is 12.2. The van der Waals surface area contributed by atoms with Gasteiger partial charge >= 0.3 is 0 Å². The number of aryl methyl sites for hydroxylation is 1. The zero-order valence-corrected chi connectivity index (χ0v) is 17.3. The number of anilines is 1. The van der Waals surface area contributed by atoms with E-state index in [1.54, 1.807) is 12.4 Å². The fraction of sp³-hybridized carbons (Fsp3) is 0.455. The average Bonchev–Trinajstić information content (AvgIpc) is 2.70. The maximum Gasteiger partial charge on any atom is 0.252 e. The quantitative estimate of drug-likeness (QED) is 0.743. The Labute approximate surface area is 172 Å². The first kappa shape index (κ1) is 20.5. The molecule has 0 aliphatic carbocycles. The highest BCUT2D eigenvalue weighted by atomic mass is 35.5. The second-order valence-electron chi connectivity index (χ2n) is 7.27. The summed E-state index contributed by atoms with van der Waals surface area (Å²) in [5.74, 6) is 1.33. The van der Waals surface area contributed by atoms with Crippen LogP contribution in [-0.2, 0) is 0 Å². The van der Waals surface area contributed by atoms with Crippen molar-refractivity contribution >= 4 is 23.2 Å². The lowest BCUT2D eigenvalue weighted by atomic mass is 9.93. The van der Waals surface area contributed by atoms with Crippen molar-refractivity contribution in [2.75, 3.05) is 31.1 Å². The first-order valence-corrected chi connectivity index (χ1v) is 10.3. The number of ether oxygens (including phenoxy) is 1. The van der Waals surface area contributed by atoms with E-state index in [1.165, 1.54) is 0 Å².